The fraction of sp³-hybridized carbons (Fsp3) is 0.158. The van der Waals surface area contributed by atoms with Crippen molar-refractivity contribution in [2.45, 2.75) is 13.0 Å². The van der Waals surface area contributed by atoms with Crippen LogP contribution in [0.4, 0.5) is 10.5 Å². The van der Waals surface area contributed by atoms with Crippen LogP contribution in [0, 0.1) is 0 Å². The van der Waals surface area contributed by atoms with Crippen molar-refractivity contribution in [1.29, 1.82) is 0 Å². The number of nitrogens with one attached hydrogen (secondary N) is 3. The highest BCUT2D eigenvalue weighted by Gasteiger charge is 2.30. The zero-order chi connectivity index (χ0) is 18.7. The summed E-state index contributed by atoms with van der Waals surface area (Å²) in [4.78, 5) is 24.2. The van der Waals surface area contributed by atoms with Gasteiger partial charge in [-0.05, 0) is 19.1 Å². The molecule has 0 fully saturated rings. The molecule has 0 bridgehead atoms. The Kier molecular flexibility index (Phi) is 5.14. The summed E-state index contributed by atoms with van der Waals surface area (Å²) in [5, 5.41) is 9.33. The summed E-state index contributed by atoms with van der Waals surface area (Å²) in [5.74, 6) is -0.225. The number of hydrogen-bond donors (Lipinski definition) is 3. The monoisotopic (exact) mass is 371 g/mol. The average Bonchev–Trinajstić information content (AvgIpc) is 2.63. The Bertz CT molecular complexity index is 895. The van der Waals surface area contributed by atoms with Crippen molar-refractivity contribution in [3.8, 4) is 0 Å². The molecule has 7 heteroatoms. The van der Waals surface area contributed by atoms with Gasteiger partial charge in [0, 0.05) is 27.5 Å². The molecule has 1 heterocycles. The molecular formula is C19H18ClN3O3. The van der Waals surface area contributed by atoms with Gasteiger partial charge < -0.3 is 15.4 Å². The number of para-hydroxylation sites is 1. The van der Waals surface area contributed by atoms with E-state index in [1.165, 1.54) is 7.11 Å². The molecule has 0 spiro atoms. The molecule has 0 aromatic heterocycles. The number of rotatable bonds is 3. The largest absolute Gasteiger partial charge is 0.453 e. The number of halogens is 1. The van der Waals surface area contributed by atoms with Crippen molar-refractivity contribution in [3.05, 3.63) is 70.4 Å². The molecule has 3 N–H and O–H groups in total. The smallest absolute Gasteiger partial charge is 0.411 e. The van der Waals surface area contributed by atoms with E-state index in [0.29, 0.717) is 22.0 Å². The summed E-state index contributed by atoms with van der Waals surface area (Å²) >= 11 is 6.31. The lowest BCUT2D eigenvalue weighted by Gasteiger charge is -2.30. The molecule has 0 radical (unpaired) electrons. The highest BCUT2D eigenvalue weighted by atomic mass is 35.5. The van der Waals surface area contributed by atoms with Gasteiger partial charge in [0.05, 0.1) is 12.8 Å². The fourth-order valence-electron chi connectivity index (χ4n) is 2.82. The summed E-state index contributed by atoms with van der Waals surface area (Å²) in [5.41, 5.74) is 3.30. The number of methoxy groups -OCH3 is 1. The van der Waals surface area contributed by atoms with Crippen LogP contribution in [0.3, 0.4) is 0 Å². The number of allylic oxidation sites excluding steroid dienone is 1. The van der Waals surface area contributed by atoms with Crippen LogP contribution in [-0.2, 0) is 9.53 Å². The third kappa shape index (κ3) is 3.50. The lowest BCUT2D eigenvalue weighted by molar-refractivity contribution is -0.122. The third-order valence-electron chi connectivity index (χ3n) is 4.07. The SMILES string of the molecule is COC(=O)Nc1ccccc1C1NC(c2ccccc2Cl)=C(C)NC1=O. The molecule has 0 saturated heterocycles. The standard InChI is InChI=1S/C19H18ClN3O3/c1-11-16(12-7-3-5-9-14(12)20)23-17(18(24)21-11)13-8-4-6-10-15(13)22-19(25)26-2/h3-10,17,23H,1-2H3,(H,21,24)(H,22,25). The van der Waals surface area contributed by atoms with Crippen molar-refractivity contribution in [3.63, 3.8) is 0 Å². The zero-order valence-corrected chi connectivity index (χ0v) is 15.1. The summed E-state index contributed by atoms with van der Waals surface area (Å²) in [6.07, 6.45) is -0.605. The minimum Gasteiger partial charge on any atom is -0.453 e. The minimum atomic E-state index is -0.696. The predicted octanol–water partition coefficient (Wildman–Crippen LogP) is 3.67. The number of benzene rings is 2. The van der Waals surface area contributed by atoms with Crippen LogP contribution in [0.15, 0.2) is 54.2 Å². The highest BCUT2D eigenvalue weighted by molar-refractivity contribution is 6.32. The van der Waals surface area contributed by atoms with Gasteiger partial charge in [-0.1, -0.05) is 48.0 Å². The fourth-order valence-corrected chi connectivity index (χ4v) is 3.05. The third-order valence-corrected chi connectivity index (χ3v) is 4.40. The van der Waals surface area contributed by atoms with Gasteiger partial charge >= 0.3 is 6.09 Å². The number of anilines is 1. The van der Waals surface area contributed by atoms with Crippen molar-refractivity contribution < 1.29 is 14.3 Å². The molecule has 3 rings (SSSR count). The lowest BCUT2D eigenvalue weighted by atomic mass is 9.99. The summed E-state index contributed by atoms with van der Waals surface area (Å²) < 4.78 is 4.65. The number of carbonyl (C=O) groups is 2. The Morgan fingerprint density at radius 2 is 1.85 bits per heavy atom. The molecule has 134 valence electrons. The van der Waals surface area contributed by atoms with Gasteiger partial charge in [0.25, 0.3) is 5.91 Å². The van der Waals surface area contributed by atoms with Gasteiger partial charge in [0.2, 0.25) is 0 Å². The second-order valence-electron chi connectivity index (χ2n) is 5.75. The van der Waals surface area contributed by atoms with E-state index in [1.807, 2.05) is 18.2 Å². The van der Waals surface area contributed by atoms with Crippen molar-refractivity contribution in [2.75, 3.05) is 12.4 Å². The zero-order valence-electron chi connectivity index (χ0n) is 14.3. The molecule has 2 aromatic rings. The molecular weight excluding hydrogens is 354 g/mol. The van der Waals surface area contributed by atoms with Crippen LogP contribution < -0.4 is 16.0 Å². The molecule has 2 amide bonds. The first-order valence-corrected chi connectivity index (χ1v) is 8.36. The van der Waals surface area contributed by atoms with E-state index in [-0.39, 0.29) is 5.91 Å². The van der Waals surface area contributed by atoms with Gasteiger partial charge in [-0.3, -0.25) is 10.1 Å². The Hall–Kier alpha value is -2.99. The summed E-state index contributed by atoms with van der Waals surface area (Å²) in [6.45, 7) is 1.80. The van der Waals surface area contributed by atoms with E-state index in [9.17, 15) is 9.59 Å². The second kappa shape index (κ2) is 7.49. The predicted molar refractivity (Wildman–Crippen MR) is 101 cm³/mol. The Morgan fingerprint density at radius 3 is 2.58 bits per heavy atom. The molecule has 0 saturated carbocycles. The van der Waals surface area contributed by atoms with Crippen LogP contribution in [0.5, 0.6) is 0 Å². The van der Waals surface area contributed by atoms with Crippen molar-refractivity contribution >= 4 is 35.0 Å². The first-order chi connectivity index (χ1) is 12.5. The maximum absolute atomic E-state index is 12.6. The van der Waals surface area contributed by atoms with E-state index in [1.54, 1.807) is 37.3 Å². The first kappa shape index (κ1) is 17.8. The quantitative estimate of drug-likeness (QED) is 0.769. The molecule has 0 aliphatic carbocycles. The van der Waals surface area contributed by atoms with E-state index < -0.39 is 12.1 Å². The van der Waals surface area contributed by atoms with Crippen molar-refractivity contribution in [1.82, 2.24) is 10.6 Å². The van der Waals surface area contributed by atoms with Crippen LogP contribution in [-0.4, -0.2) is 19.1 Å². The van der Waals surface area contributed by atoms with E-state index in [2.05, 4.69) is 20.7 Å². The van der Waals surface area contributed by atoms with Crippen LogP contribution >= 0.6 is 11.6 Å². The topological polar surface area (TPSA) is 79.5 Å². The van der Waals surface area contributed by atoms with Crippen LogP contribution in [0.2, 0.25) is 5.02 Å². The van der Waals surface area contributed by atoms with Gasteiger partial charge in [0.1, 0.15) is 6.04 Å². The number of ether oxygens (including phenoxy) is 1. The normalized spacial score (nSPS) is 16.6. The highest BCUT2D eigenvalue weighted by Crippen LogP contribution is 2.32. The number of amides is 2. The van der Waals surface area contributed by atoms with E-state index in [0.717, 1.165) is 11.3 Å². The summed E-state index contributed by atoms with van der Waals surface area (Å²) in [7, 11) is 1.28. The Morgan fingerprint density at radius 1 is 1.15 bits per heavy atom. The van der Waals surface area contributed by atoms with Crippen molar-refractivity contribution in [2.24, 2.45) is 0 Å². The van der Waals surface area contributed by atoms with Crippen LogP contribution in [0.1, 0.15) is 24.1 Å². The molecule has 1 unspecified atom stereocenters. The molecule has 1 aliphatic rings. The first-order valence-electron chi connectivity index (χ1n) is 7.98. The number of carbonyl (C=O) groups excluding carboxylic acids is 2. The summed E-state index contributed by atoms with van der Waals surface area (Å²) in [6, 6.07) is 13.7. The van der Waals surface area contributed by atoms with Crippen LogP contribution in [0.25, 0.3) is 5.70 Å². The lowest BCUT2D eigenvalue weighted by Crippen LogP contribution is -2.42. The Labute approximate surface area is 156 Å². The average molecular weight is 372 g/mol. The molecule has 6 nitrogen and oxygen atoms in total. The van der Waals surface area contributed by atoms with Gasteiger partial charge in [0.15, 0.2) is 0 Å². The molecule has 1 atom stereocenters. The van der Waals surface area contributed by atoms with Gasteiger partial charge in [-0.15, -0.1) is 0 Å². The maximum atomic E-state index is 12.6. The minimum absolute atomic E-state index is 0.225. The Balaban J connectivity index is 1.99. The van der Waals surface area contributed by atoms with Gasteiger partial charge in [-0.25, -0.2) is 4.79 Å². The second-order valence-corrected chi connectivity index (χ2v) is 6.16. The molecule has 2 aromatic carbocycles. The van der Waals surface area contributed by atoms with E-state index >= 15 is 0 Å². The number of hydrogen-bond acceptors (Lipinski definition) is 4. The maximum Gasteiger partial charge on any atom is 0.411 e. The molecule has 26 heavy (non-hydrogen) atoms. The van der Waals surface area contributed by atoms with E-state index in [4.69, 9.17) is 11.6 Å². The molecule has 1 aliphatic heterocycles. The van der Waals surface area contributed by atoms with Gasteiger partial charge in [-0.2, -0.15) is 0 Å².